The molecule has 0 spiro atoms. The summed E-state index contributed by atoms with van der Waals surface area (Å²) in [6, 6.07) is 6.66. The van der Waals surface area contributed by atoms with Gasteiger partial charge in [0.15, 0.2) is 4.34 Å². The first kappa shape index (κ1) is 14.8. The summed E-state index contributed by atoms with van der Waals surface area (Å²) in [4.78, 5) is 15.3. The maximum Gasteiger partial charge on any atom is 0.339 e. The van der Waals surface area contributed by atoms with Gasteiger partial charge in [0, 0.05) is 5.75 Å². The van der Waals surface area contributed by atoms with Crippen LogP contribution in [-0.4, -0.2) is 32.8 Å². The molecule has 5 nitrogen and oxygen atoms in total. The van der Waals surface area contributed by atoms with Crippen LogP contribution in [0, 0.1) is 6.92 Å². The van der Waals surface area contributed by atoms with Gasteiger partial charge in [-0.1, -0.05) is 23.9 Å². The summed E-state index contributed by atoms with van der Waals surface area (Å²) in [6.07, 6.45) is 0.817. The van der Waals surface area contributed by atoms with Gasteiger partial charge in [-0.25, -0.2) is 9.78 Å². The van der Waals surface area contributed by atoms with Gasteiger partial charge in [-0.05, 0) is 37.0 Å². The van der Waals surface area contributed by atoms with Crippen LogP contribution < -0.4 is 4.74 Å². The van der Waals surface area contributed by atoms with E-state index in [0.717, 1.165) is 22.3 Å². The molecule has 0 aliphatic carbocycles. The van der Waals surface area contributed by atoms with Crippen LogP contribution in [0.5, 0.6) is 5.75 Å². The summed E-state index contributed by atoms with van der Waals surface area (Å²) in [5, 5.41) is 9.02. The summed E-state index contributed by atoms with van der Waals surface area (Å²) in [6.45, 7) is 2.35. The lowest BCUT2D eigenvalue weighted by molar-refractivity contribution is 0.0692. The lowest BCUT2D eigenvalue weighted by Gasteiger charge is -2.08. The molecule has 0 aliphatic heterocycles. The number of rotatable bonds is 7. The van der Waals surface area contributed by atoms with Crippen molar-refractivity contribution in [3.8, 4) is 5.75 Å². The molecule has 1 heterocycles. The SMILES string of the molecule is Cc1nsc(SCCCOc2ccccc2C(=O)O)n1. The maximum absolute atomic E-state index is 11.0. The average molecular weight is 310 g/mol. The molecular formula is C13H14N2O3S2. The van der Waals surface area contributed by atoms with Crippen LogP contribution in [0.1, 0.15) is 22.6 Å². The van der Waals surface area contributed by atoms with E-state index in [0.29, 0.717) is 12.4 Å². The number of carbonyl (C=O) groups is 1. The van der Waals surface area contributed by atoms with Crippen LogP contribution in [0.3, 0.4) is 0 Å². The molecule has 0 atom stereocenters. The zero-order chi connectivity index (χ0) is 14.4. The predicted octanol–water partition coefficient (Wildman–Crippen LogP) is 3.11. The van der Waals surface area contributed by atoms with E-state index in [1.54, 1.807) is 30.0 Å². The van der Waals surface area contributed by atoms with Crippen LogP contribution >= 0.6 is 23.3 Å². The minimum absolute atomic E-state index is 0.194. The smallest absolute Gasteiger partial charge is 0.339 e. The number of benzene rings is 1. The van der Waals surface area contributed by atoms with Crippen molar-refractivity contribution in [1.29, 1.82) is 0 Å². The highest BCUT2D eigenvalue weighted by Crippen LogP contribution is 2.21. The van der Waals surface area contributed by atoms with E-state index in [9.17, 15) is 4.79 Å². The fraction of sp³-hybridized carbons (Fsp3) is 0.308. The highest BCUT2D eigenvalue weighted by molar-refractivity contribution is 8.00. The summed E-state index contributed by atoms with van der Waals surface area (Å²) in [5.74, 6) is 1.10. The van der Waals surface area contributed by atoms with Gasteiger partial charge >= 0.3 is 5.97 Å². The average Bonchev–Trinajstić information content (AvgIpc) is 2.84. The van der Waals surface area contributed by atoms with Crippen molar-refractivity contribution in [2.24, 2.45) is 0 Å². The summed E-state index contributed by atoms with van der Waals surface area (Å²) in [5.41, 5.74) is 0.194. The molecule has 2 aromatic rings. The van der Waals surface area contributed by atoms with E-state index in [1.165, 1.54) is 17.6 Å². The second kappa shape index (κ2) is 7.25. The molecule has 2 rings (SSSR count). The van der Waals surface area contributed by atoms with Gasteiger partial charge in [-0.2, -0.15) is 4.37 Å². The molecule has 0 saturated heterocycles. The molecule has 7 heteroatoms. The van der Waals surface area contributed by atoms with E-state index in [-0.39, 0.29) is 5.56 Å². The lowest BCUT2D eigenvalue weighted by atomic mass is 10.2. The molecule has 0 unspecified atom stereocenters. The van der Waals surface area contributed by atoms with Crippen LogP contribution in [0.2, 0.25) is 0 Å². The molecule has 0 bridgehead atoms. The summed E-state index contributed by atoms with van der Waals surface area (Å²) < 4.78 is 10.6. The molecule has 0 aliphatic rings. The highest BCUT2D eigenvalue weighted by Gasteiger charge is 2.09. The molecule has 0 radical (unpaired) electrons. The zero-order valence-corrected chi connectivity index (χ0v) is 12.5. The van der Waals surface area contributed by atoms with Gasteiger partial charge in [0.05, 0.1) is 6.61 Å². The van der Waals surface area contributed by atoms with Crippen LogP contribution in [0.25, 0.3) is 0 Å². The number of nitrogens with zero attached hydrogens (tertiary/aromatic N) is 2. The Kier molecular flexibility index (Phi) is 5.37. The number of hydrogen-bond acceptors (Lipinski definition) is 6. The quantitative estimate of drug-likeness (QED) is 0.626. The van der Waals surface area contributed by atoms with Gasteiger partial charge < -0.3 is 9.84 Å². The first-order valence-electron chi connectivity index (χ1n) is 6.05. The zero-order valence-electron chi connectivity index (χ0n) is 10.9. The fourth-order valence-corrected chi connectivity index (χ4v) is 3.14. The van der Waals surface area contributed by atoms with Crippen molar-refractivity contribution in [3.63, 3.8) is 0 Å². The Bertz CT molecular complexity index is 587. The molecule has 20 heavy (non-hydrogen) atoms. The van der Waals surface area contributed by atoms with Gasteiger partial charge in [-0.15, -0.1) is 0 Å². The van der Waals surface area contributed by atoms with E-state index in [2.05, 4.69) is 9.36 Å². The third-order valence-corrected chi connectivity index (χ3v) is 4.41. The molecule has 1 N–H and O–H groups in total. The van der Waals surface area contributed by atoms with Gasteiger partial charge in [0.25, 0.3) is 0 Å². The summed E-state index contributed by atoms with van der Waals surface area (Å²) in [7, 11) is 0. The maximum atomic E-state index is 11.0. The van der Waals surface area contributed by atoms with Crippen molar-refractivity contribution >= 4 is 29.3 Å². The van der Waals surface area contributed by atoms with Gasteiger partial charge in [0.1, 0.15) is 17.1 Å². The Morgan fingerprint density at radius 1 is 1.45 bits per heavy atom. The molecule has 1 aromatic carbocycles. The van der Waals surface area contributed by atoms with E-state index < -0.39 is 5.97 Å². The Hall–Kier alpha value is -1.60. The largest absolute Gasteiger partial charge is 0.493 e. The second-order valence-corrected chi connectivity index (χ2v) is 6.05. The number of carboxylic acids is 1. The minimum Gasteiger partial charge on any atom is -0.493 e. The number of aryl methyl sites for hydroxylation is 1. The Balaban J connectivity index is 1.75. The number of para-hydroxylation sites is 1. The molecule has 0 fully saturated rings. The number of ether oxygens (including phenoxy) is 1. The number of hydrogen-bond donors (Lipinski definition) is 1. The fourth-order valence-electron chi connectivity index (χ4n) is 1.51. The third kappa shape index (κ3) is 4.21. The highest BCUT2D eigenvalue weighted by atomic mass is 32.2. The van der Waals surface area contributed by atoms with Gasteiger partial charge in [-0.3, -0.25) is 0 Å². The number of aromatic carboxylic acids is 1. The van der Waals surface area contributed by atoms with E-state index in [4.69, 9.17) is 9.84 Å². The van der Waals surface area contributed by atoms with Crippen molar-refractivity contribution in [2.45, 2.75) is 17.7 Å². The van der Waals surface area contributed by atoms with E-state index in [1.807, 2.05) is 6.92 Å². The second-order valence-electron chi connectivity index (χ2n) is 3.96. The normalized spacial score (nSPS) is 10.4. The summed E-state index contributed by atoms with van der Waals surface area (Å²) >= 11 is 3.03. The topological polar surface area (TPSA) is 72.3 Å². The lowest BCUT2D eigenvalue weighted by Crippen LogP contribution is -2.04. The van der Waals surface area contributed by atoms with Crippen molar-refractivity contribution in [2.75, 3.05) is 12.4 Å². The number of carboxylic acid groups (broad SMARTS) is 1. The number of aromatic nitrogens is 2. The van der Waals surface area contributed by atoms with E-state index >= 15 is 0 Å². The minimum atomic E-state index is -0.973. The standard InChI is InChI=1S/C13H14N2O3S2/c1-9-14-13(20-15-9)19-8-4-7-18-11-6-3-2-5-10(11)12(16)17/h2-3,5-6H,4,7-8H2,1H3,(H,16,17). The first-order chi connectivity index (χ1) is 9.66. The van der Waals surface area contributed by atoms with Crippen molar-refractivity contribution in [3.05, 3.63) is 35.7 Å². The van der Waals surface area contributed by atoms with Crippen molar-refractivity contribution < 1.29 is 14.6 Å². The van der Waals surface area contributed by atoms with Crippen LogP contribution in [0.15, 0.2) is 28.6 Å². The Morgan fingerprint density at radius 2 is 2.25 bits per heavy atom. The molecule has 106 valence electrons. The Morgan fingerprint density at radius 3 is 2.95 bits per heavy atom. The van der Waals surface area contributed by atoms with Crippen LogP contribution in [0.4, 0.5) is 0 Å². The molecule has 0 amide bonds. The number of thioether (sulfide) groups is 1. The molecule has 1 aromatic heterocycles. The Labute approximate surface area is 125 Å². The molecular weight excluding hydrogens is 296 g/mol. The van der Waals surface area contributed by atoms with Crippen LogP contribution in [-0.2, 0) is 0 Å². The first-order valence-corrected chi connectivity index (χ1v) is 7.81. The monoisotopic (exact) mass is 310 g/mol. The van der Waals surface area contributed by atoms with Crippen molar-refractivity contribution in [1.82, 2.24) is 9.36 Å². The predicted molar refractivity (Wildman–Crippen MR) is 78.9 cm³/mol. The molecule has 0 saturated carbocycles. The van der Waals surface area contributed by atoms with Gasteiger partial charge in [0.2, 0.25) is 0 Å². The third-order valence-electron chi connectivity index (χ3n) is 2.40.